The van der Waals surface area contributed by atoms with E-state index in [9.17, 15) is 22.0 Å². The molecular formula is C19H19F2N3O5S. The molecule has 1 aliphatic heterocycles. The minimum absolute atomic E-state index is 0.0169. The normalized spacial score (nSPS) is 15.4. The van der Waals surface area contributed by atoms with Gasteiger partial charge in [0.05, 0.1) is 24.3 Å². The number of sulfonamides is 1. The van der Waals surface area contributed by atoms with Crippen molar-refractivity contribution >= 4 is 22.1 Å². The number of hydrogen-bond donors (Lipinski definition) is 1. The Labute approximate surface area is 172 Å². The van der Waals surface area contributed by atoms with E-state index in [0.29, 0.717) is 13.2 Å². The maximum absolute atomic E-state index is 12.7. The summed E-state index contributed by atoms with van der Waals surface area (Å²) in [6, 6.07) is 11.5. The molecule has 160 valence electrons. The van der Waals surface area contributed by atoms with Crippen LogP contribution in [0.15, 0.2) is 58.5 Å². The second kappa shape index (κ2) is 9.74. The molecule has 1 amide bonds. The predicted molar refractivity (Wildman–Crippen MR) is 104 cm³/mol. The van der Waals surface area contributed by atoms with E-state index < -0.39 is 22.5 Å². The third kappa shape index (κ3) is 5.38. The molecule has 8 nitrogen and oxygen atoms in total. The van der Waals surface area contributed by atoms with Gasteiger partial charge < -0.3 is 9.47 Å². The van der Waals surface area contributed by atoms with Crippen LogP contribution in [0.4, 0.5) is 8.78 Å². The van der Waals surface area contributed by atoms with Crippen molar-refractivity contribution in [3.63, 3.8) is 0 Å². The molecule has 1 N–H and O–H groups in total. The minimum atomic E-state index is -3.75. The molecule has 0 atom stereocenters. The molecule has 1 heterocycles. The number of nitrogens with one attached hydrogen (secondary N) is 1. The highest BCUT2D eigenvalue weighted by atomic mass is 32.2. The average molecular weight is 439 g/mol. The Bertz CT molecular complexity index is 1020. The van der Waals surface area contributed by atoms with Crippen molar-refractivity contribution < 1.29 is 31.5 Å². The number of amides is 1. The van der Waals surface area contributed by atoms with E-state index in [1.807, 2.05) is 0 Å². The molecule has 2 aromatic carbocycles. The predicted octanol–water partition coefficient (Wildman–Crippen LogP) is 2.07. The monoisotopic (exact) mass is 439 g/mol. The first-order chi connectivity index (χ1) is 14.4. The quantitative estimate of drug-likeness (QED) is 0.526. The topological polar surface area (TPSA) is 97.3 Å². The van der Waals surface area contributed by atoms with Crippen LogP contribution in [0.5, 0.6) is 5.75 Å². The summed E-state index contributed by atoms with van der Waals surface area (Å²) in [7, 11) is -3.75. The van der Waals surface area contributed by atoms with Crippen LogP contribution in [-0.4, -0.2) is 57.8 Å². The Morgan fingerprint density at radius 3 is 2.63 bits per heavy atom. The third-order valence-corrected chi connectivity index (χ3v) is 6.10. The van der Waals surface area contributed by atoms with E-state index in [4.69, 9.17) is 4.74 Å². The summed E-state index contributed by atoms with van der Waals surface area (Å²) < 4.78 is 61.2. The number of benzene rings is 2. The Morgan fingerprint density at radius 2 is 1.90 bits per heavy atom. The fraction of sp³-hybridized carbons (Fsp3) is 0.263. The van der Waals surface area contributed by atoms with Gasteiger partial charge in [-0.05, 0) is 30.3 Å². The number of hydrazone groups is 1. The summed E-state index contributed by atoms with van der Waals surface area (Å²) in [5.74, 6) is -0.748. The number of carbonyl (C=O) groups excluding carboxylic acids is 1. The van der Waals surface area contributed by atoms with Crippen LogP contribution < -0.4 is 10.2 Å². The number of alkyl halides is 2. The fourth-order valence-corrected chi connectivity index (χ4v) is 4.20. The molecule has 0 bridgehead atoms. The third-order valence-electron chi connectivity index (χ3n) is 4.21. The summed E-state index contributed by atoms with van der Waals surface area (Å²) in [6.07, 6.45) is 1.16. The molecule has 3 rings (SSSR count). The number of morpholine rings is 1. The molecule has 2 aromatic rings. The summed E-state index contributed by atoms with van der Waals surface area (Å²) in [5.41, 5.74) is 2.56. The van der Waals surface area contributed by atoms with Gasteiger partial charge in [0.25, 0.3) is 5.91 Å². The van der Waals surface area contributed by atoms with Crippen molar-refractivity contribution in [2.45, 2.75) is 11.5 Å². The number of para-hydroxylation sites is 1. The highest BCUT2D eigenvalue weighted by molar-refractivity contribution is 7.89. The molecule has 0 saturated carbocycles. The second-order valence-electron chi connectivity index (χ2n) is 6.16. The van der Waals surface area contributed by atoms with Crippen LogP contribution in [0.1, 0.15) is 15.9 Å². The van der Waals surface area contributed by atoms with Gasteiger partial charge in [-0.3, -0.25) is 4.79 Å². The summed E-state index contributed by atoms with van der Waals surface area (Å²) >= 11 is 0. The highest BCUT2D eigenvalue weighted by Crippen LogP contribution is 2.19. The number of halogens is 2. The van der Waals surface area contributed by atoms with Gasteiger partial charge in [0.1, 0.15) is 5.75 Å². The lowest BCUT2D eigenvalue weighted by Crippen LogP contribution is -2.40. The van der Waals surface area contributed by atoms with Crippen molar-refractivity contribution in [2.75, 3.05) is 26.3 Å². The van der Waals surface area contributed by atoms with Crippen molar-refractivity contribution in [3.05, 3.63) is 59.7 Å². The Morgan fingerprint density at radius 1 is 1.17 bits per heavy atom. The van der Waals surface area contributed by atoms with Crippen LogP contribution >= 0.6 is 0 Å². The van der Waals surface area contributed by atoms with Crippen LogP contribution in [0.3, 0.4) is 0 Å². The first kappa shape index (κ1) is 21.8. The van der Waals surface area contributed by atoms with E-state index in [-0.39, 0.29) is 34.9 Å². The van der Waals surface area contributed by atoms with Gasteiger partial charge in [0, 0.05) is 24.2 Å². The van der Waals surface area contributed by atoms with Crippen LogP contribution in [0.25, 0.3) is 0 Å². The van der Waals surface area contributed by atoms with Gasteiger partial charge >= 0.3 is 6.61 Å². The molecule has 0 radical (unpaired) electrons. The Kier molecular flexibility index (Phi) is 7.08. The van der Waals surface area contributed by atoms with Crippen molar-refractivity contribution in [1.82, 2.24) is 9.73 Å². The number of rotatable bonds is 7. The highest BCUT2D eigenvalue weighted by Gasteiger charge is 2.26. The molecule has 0 aliphatic carbocycles. The first-order valence-corrected chi connectivity index (χ1v) is 10.4. The standard InChI is InChI=1S/C19H19F2N3O5S/c20-19(21)29-17-7-2-1-4-15(17)13-22-23-18(25)14-5-3-6-16(12-14)30(26,27)24-8-10-28-11-9-24/h1-7,12-13,19H,8-11H2,(H,23,25). The molecule has 1 saturated heterocycles. The number of hydrogen-bond acceptors (Lipinski definition) is 6. The number of nitrogens with zero attached hydrogens (tertiary/aromatic N) is 2. The lowest BCUT2D eigenvalue weighted by Gasteiger charge is -2.26. The van der Waals surface area contributed by atoms with Gasteiger partial charge in [-0.15, -0.1) is 0 Å². The average Bonchev–Trinajstić information content (AvgIpc) is 2.75. The van der Waals surface area contributed by atoms with Crippen molar-refractivity contribution in [3.8, 4) is 5.75 Å². The van der Waals surface area contributed by atoms with E-state index in [1.54, 1.807) is 6.07 Å². The van der Waals surface area contributed by atoms with Crippen LogP contribution in [-0.2, 0) is 14.8 Å². The molecule has 30 heavy (non-hydrogen) atoms. The van der Waals surface area contributed by atoms with Crippen molar-refractivity contribution in [1.29, 1.82) is 0 Å². The summed E-state index contributed by atoms with van der Waals surface area (Å²) in [4.78, 5) is 12.3. The van der Waals surface area contributed by atoms with Gasteiger partial charge in [0.2, 0.25) is 10.0 Å². The molecule has 1 fully saturated rings. The second-order valence-corrected chi connectivity index (χ2v) is 8.10. The lowest BCUT2D eigenvalue weighted by atomic mass is 10.2. The lowest BCUT2D eigenvalue weighted by molar-refractivity contribution is -0.0499. The van der Waals surface area contributed by atoms with Gasteiger partial charge in [-0.1, -0.05) is 18.2 Å². The zero-order chi connectivity index (χ0) is 21.6. The smallest absolute Gasteiger partial charge is 0.387 e. The Hall–Kier alpha value is -2.89. The van der Waals surface area contributed by atoms with E-state index in [0.717, 1.165) is 6.21 Å². The largest absolute Gasteiger partial charge is 0.434 e. The number of ether oxygens (including phenoxy) is 2. The number of carbonyl (C=O) groups is 1. The van der Waals surface area contributed by atoms with Crippen LogP contribution in [0, 0.1) is 0 Å². The van der Waals surface area contributed by atoms with Gasteiger partial charge in [0.15, 0.2) is 0 Å². The molecule has 0 spiro atoms. The zero-order valence-electron chi connectivity index (χ0n) is 15.7. The van der Waals surface area contributed by atoms with E-state index in [2.05, 4.69) is 15.3 Å². The first-order valence-electron chi connectivity index (χ1n) is 8.93. The Balaban J connectivity index is 1.71. The van der Waals surface area contributed by atoms with E-state index in [1.165, 1.54) is 46.8 Å². The molecule has 0 unspecified atom stereocenters. The summed E-state index contributed by atoms with van der Waals surface area (Å²) in [5, 5.41) is 3.74. The fourth-order valence-electron chi connectivity index (χ4n) is 2.75. The maximum Gasteiger partial charge on any atom is 0.387 e. The molecule has 1 aliphatic rings. The molecular weight excluding hydrogens is 420 g/mol. The van der Waals surface area contributed by atoms with E-state index >= 15 is 0 Å². The molecule has 11 heteroatoms. The van der Waals surface area contributed by atoms with Crippen LogP contribution in [0.2, 0.25) is 0 Å². The van der Waals surface area contributed by atoms with Gasteiger partial charge in [-0.2, -0.15) is 18.2 Å². The van der Waals surface area contributed by atoms with Crippen molar-refractivity contribution in [2.24, 2.45) is 5.10 Å². The summed E-state index contributed by atoms with van der Waals surface area (Å²) in [6.45, 7) is -1.90. The molecule has 0 aromatic heterocycles. The minimum Gasteiger partial charge on any atom is -0.434 e. The zero-order valence-corrected chi connectivity index (χ0v) is 16.5. The SMILES string of the molecule is O=C(NN=Cc1ccccc1OC(F)F)c1cccc(S(=O)(=O)N2CCOCC2)c1. The van der Waals surface area contributed by atoms with Gasteiger partial charge in [-0.25, -0.2) is 13.8 Å². The maximum atomic E-state index is 12.7.